The van der Waals surface area contributed by atoms with E-state index >= 15 is 0 Å². The Morgan fingerprint density at radius 2 is 2.21 bits per heavy atom. The molecular weight excluding hydrogens is 262 g/mol. The van der Waals surface area contributed by atoms with Gasteiger partial charge >= 0.3 is 0 Å². The summed E-state index contributed by atoms with van der Waals surface area (Å²) in [4.78, 5) is 0. The Balaban J connectivity index is 1.73. The van der Waals surface area contributed by atoms with E-state index in [1.54, 1.807) is 6.20 Å². The van der Waals surface area contributed by atoms with E-state index in [-0.39, 0.29) is 0 Å². The Labute approximate surface area is 118 Å². The van der Waals surface area contributed by atoms with E-state index in [2.05, 4.69) is 17.3 Å². The van der Waals surface area contributed by atoms with Crippen LogP contribution in [0.15, 0.2) is 36.7 Å². The lowest BCUT2D eigenvalue weighted by atomic mass is 10.3. The summed E-state index contributed by atoms with van der Waals surface area (Å²) < 4.78 is 7.49. The summed E-state index contributed by atoms with van der Waals surface area (Å²) in [5.74, 6) is 0.800. The van der Waals surface area contributed by atoms with Crippen molar-refractivity contribution in [2.75, 3.05) is 18.5 Å². The lowest BCUT2D eigenvalue weighted by molar-refractivity contribution is 0.332. The van der Waals surface area contributed by atoms with Crippen molar-refractivity contribution < 1.29 is 4.74 Å². The summed E-state index contributed by atoms with van der Waals surface area (Å²) in [5, 5.41) is 8.16. The first-order valence-electron chi connectivity index (χ1n) is 6.43. The van der Waals surface area contributed by atoms with Gasteiger partial charge in [-0.1, -0.05) is 30.7 Å². The lowest BCUT2D eigenvalue weighted by Crippen LogP contribution is -2.11. The van der Waals surface area contributed by atoms with E-state index in [0.717, 1.165) is 29.4 Å². The van der Waals surface area contributed by atoms with E-state index in [1.165, 1.54) is 0 Å². The fourth-order valence-electron chi connectivity index (χ4n) is 1.73. The number of anilines is 1. The highest BCUT2D eigenvalue weighted by Crippen LogP contribution is 2.19. The smallest absolute Gasteiger partial charge is 0.157 e. The van der Waals surface area contributed by atoms with Crippen molar-refractivity contribution in [3.8, 4) is 5.75 Å². The number of para-hydroxylation sites is 1. The average molecular weight is 280 g/mol. The van der Waals surface area contributed by atoms with E-state index in [0.29, 0.717) is 13.2 Å². The Morgan fingerprint density at radius 1 is 1.37 bits per heavy atom. The van der Waals surface area contributed by atoms with Crippen LogP contribution in [0.25, 0.3) is 0 Å². The summed E-state index contributed by atoms with van der Waals surface area (Å²) in [6.45, 7) is 4.31. The van der Waals surface area contributed by atoms with Crippen LogP contribution in [0.1, 0.15) is 13.3 Å². The minimum atomic E-state index is 0.572. The quantitative estimate of drug-likeness (QED) is 0.789. The van der Waals surface area contributed by atoms with Gasteiger partial charge in [0.2, 0.25) is 0 Å². The number of hydrogen-bond donors (Lipinski definition) is 1. The van der Waals surface area contributed by atoms with Gasteiger partial charge in [-0.05, 0) is 18.6 Å². The molecule has 0 spiro atoms. The molecule has 19 heavy (non-hydrogen) atoms. The van der Waals surface area contributed by atoms with Crippen LogP contribution in [0.5, 0.6) is 5.75 Å². The second-order valence-electron chi connectivity index (χ2n) is 4.19. The van der Waals surface area contributed by atoms with E-state index in [1.807, 2.05) is 35.1 Å². The van der Waals surface area contributed by atoms with Crippen LogP contribution in [-0.4, -0.2) is 22.9 Å². The van der Waals surface area contributed by atoms with Crippen molar-refractivity contribution >= 4 is 17.3 Å². The maximum atomic E-state index is 6.04. The molecule has 5 heteroatoms. The summed E-state index contributed by atoms with van der Waals surface area (Å²) >= 11 is 6.04. The largest absolute Gasteiger partial charge is 0.488 e. The Morgan fingerprint density at radius 3 is 3.00 bits per heavy atom. The molecule has 4 nitrogen and oxygen atoms in total. The molecule has 2 rings (SSSR count). The monoisotopic (exact) mass is 279 g/mol. The number of ether oxygens (including phenoxy) is 1. The van der Waals surface area contributed by atoms with E-state index in [4.69, 9.17) is 16.3 Å². The molecule has 0 bridgehead atoms. The molecule has 0 atom stereocenters. The molecule has 102 valence electrons. The van der Waals surface area contributed by atoms with Crippen LogP contribution in [0, 0.1) is 0 Å². The van der Waals surface area contributed by atoms with Crippen molar-refractivity contribution in [2.24, 2.45) is 0 Å². The van der Waals surface area contributed by atoms with Crippen LogP contribution in [0.4, 0.5) is 5.69 Å². The number of nitrogens with one attached hydrogen (secondary N) is 1. The maximum Gasteiger partial charge on any atom is 0.157 e. The zero-order chi connectivity index (χ0) is 13.5. The number of aryl methyl sites for hydroxylation is 1. The molecule has 0 fully saturated rings. The average Bonchev–Trinajstić information content (AvgIpc) is 2.85. The minimum Gasteiger partial charge on any atom is -0.488 e. The highest BCUT2D eigenvalue weighted by atomic mass is 35.5. The van der Waals surface area contributed by atoms with Gasteiger partial charge in [0.15, 0.2) is 5.75 Å². The molecule has 1 aromatic heterocycles. The molecule has 0 aliphatic rings. The predicted octanol–water partition coefficient (Wildman–Crippen LogP) is 3.44. The van der Waals surface area contributed by atoms with Crippen LogP contribution in [-0.2, 0) is 6.54 Å². The SMILES string of the molecule is CCCn1cc(OCCNc2ccccc2Cl)cn1. The molecule has 0 radical (unpaired) electrons. The van der Waals surface area contributed by atoms with Crippen LogP contribution >= 0.6 is 11.6 Å². The first kappa shape index (κ1) is 13.7. The summed E-state index contributed by atoms with van der Waals surface area (Å²) in [5.41, 5.74) is 0.925. The molecule has 1 heterocycles. The molecule has 2 aromatic rings. The van der Waals surface area contributed by atoms with Crippen molar-refractivity contribution in [1.29, 1.82) is 0 Å². The third-order valence-electron chi connectivity index (χ3n) is 2.62. The molecule has 0 unspecified atom stereocenters. The second kappa shape index (κ2) is 7.04. The number of hydrogen-bond acceptors (Lipinski definition) is 3. The number of halogens is 1. The highest BCUT2D eigenvalue weighted by Gasteiger charge is 2.00. The molecule has 0 aliphatic heterocycles. The van der Waals surface area contributed by atoms with Gasteiger partial charge in [0.05, 0.1) is 23.1 Å². The van der Waals surface area contributed by atoms with Gasteiger partial charge in [0.25, 0.3) is 0 Å². The molecule has 1 aromatic carbocycles. The van der Waals surface area contributed by atoms with Crippen molar-refractivity contribution in [3.63, 3.8) is 0 Å². The zero-order valence-corrected chi connectivity index (χ0v) is 11.7. The van der Waals surface area contributed by atoms with Crippen LogP contribution < -0.4 is 10.1 Å². The van der Waals surface area contributed by atoms with E-state index < -0.39 is 0 Å². The zero-order valence-electron chi connectivity index (χ0n) is 11.0. The van der Waals surface area contributed by atoms with E-state index in [9.17, 15) is 0 Å². The molecule has 0 saturated carbocycles. The third-order valence-corrected chi connectivity index (χ3v) is 2.95. The third kappa shape index (κ3) is 4.17. The minimum absolute atomic E-state index is 0.572. The highest BCUT2D eigenvalue weighted by molar-refractivity contribution is 6.33. The molecule has 0 saturated heterocycles. The van der Waals surface area contributed by atoms with Crippen molar-refractivity contribution in [1.82, 2.24) is 9.78 Å². The number of nitrogens with zero attached hydrogens (tertiary/aromatic N) is 2. The van der Waals surface area contributed by atoms with Gasteiger partial charge in [0, 0.05) is 13.1 Å². The fraction of sp³-hybridized carbons (Fsp3) is 0.357. The summed E-state index contributed by atoms with van der Waals surface area (Å²) in [6, 6.07) is 7.66. The Hall–Kier alpha value is -1.68. The normalized spacial score (nSPS) is 10.4. The molecule has 0 amide bonds. The lowest BCUT2D eigenvalue weighted by Gasteiger charge is -2.08. The summed E-state index contributed by atoms with van der Waals surface area (Å²) in [7, 11) is 0. The first-order chi connectivity index (χ1) is 9.29. The van der Waals surface area contributed by atoms with Gasteiger partial charge < -0.3 is 10.1 Å². The van der Waals surface area contributed by atoms with Crippen molar-refractivity contribution in [2.45, 2.75) is 19.9 Å². The van der Waals surface area contributed by atoms with Gasteiger partial charge in [-0.15, -0.1) is 0 Å². The molecular formula is C14H18ClN3O. The van der Waals surface area contributed by atoms with Crippen molar-refractivity contribution in [3.05, 3.63) is 41.7 Å². The van der Waals surface area contributed by atoms with Crippen LogP contribution in [0.2, 0.25) is 5.02 Å². The predicted molar refractivity (Wildman–Crippen MR) is 78.0 cm³/mol. The number of aromatic nitrogens is 2. The van der Waals surface area contributed by atoms with Crippen LogP contribution in [0.3, 0.4) is 0 Å². The molecule has 0 aliphatic carbocycles. The summed E-state index contributed by atoms with van der Waals surface area (Å²) in [6.07, 6.45) is 4.72. The van der Waals surface area contributed by atoms with Gasteiger partial charge in [-0.25, -0.2) is 0 Å². The number of benzene rings is 1. The van der Waals surface area contributed by atoms with Gasteiger partial charge in [-0.2, -0.15) is 5.10 Å². The molecule has 1 N–H and O–H groups in total. The van der Waals surface area contributed by atoms with Gasteiger partial charge in [0.1, 0.15) is 6.61 Å². The topological polar surface area (TPSA) is 39.1 Å². The second-order valence-corrected chi connectivity index (χ2v) is 4.60. The Kier molecular flexibility index (Phi) is 5.10. The first-order valence-corrected chi connectivity index (χ1v) is 6.81. The fourth-order valence-corrected chi connectivity index (χ4v) is 1.93. The maximum absolute atomic E-state index is 6.04. The Bertz CT molecular complexity index is 513. The van der Waals surface area contributed by atoms with Gasteiger partial charge in [-0.3, -0.25) is 4.68 Å². The number of rotatable bonds is 7. The standard InChI is InChI=1S/C14H18ClN3O/c1-2-8-18-11-12(10-17-18)19-9-7-16-14-6-4-3-5-13(14)15/h3-6,10-11,16H,2,7-9H2,1H3.